The van der Waals surface area contributed by atoms with Crippen LogP contribution in [0.3, 0.4) is 0 Å². The van der Waals surface area contributed by atoms with E-state index in [9.17, 15) is 9.90 Å². The van der Waals surface area contributed by atoms with Crippen molar-refractivity contribution in [3.8, 4) is 5.75 Å². The number of carbonyl (C=O) groups is 1. The molecule has 1 N–H and O–H groups in total. The van der Waals surface area contributed by atoms with Gasteiger partial charge in [0.05, 0.1) is 12.8 Å². The molecule has 5 nitrogen and oxygen atoms in total. The van der Waals surface area contributed by atoms with E-state index in [1.807, 2.05) is 12.1 Å². The third kappa shape index (κ3) is 4.31. The predicted molar refractivity (Wildman–Crippen MR) is 87.7 cm³/mol. The highest BCUT2D eigenvalue weighted by Crippen LogP contribution is 2.26. The molecule has 0 fully saturated rings. The first-order chi connectivity index (χ1) is 11.0. The molecule has 0 saturated carbocycles. The fourth-order valence-electron chi connectivity index (χ4n) is 1.89. The van der Waals surface area contributed by atoms with E-state index in [-0.39, 0.29) is 11.3 Å². The van der Waals surface area contributed by atoms with Crippen molar-refractivity contribution in [3.05, 3.63) is 64.7 Å². The van der Waals surface area contributed by atoms with Gasteiger partial charge in [0.1, 0.15) is 0 Å². The Hall–Kier alpha value is -2.37. The van der Waals surface area contributed by atoms with Crippen molar-refractivity contribution < 1.29 is 19.5 Å². The first kappa shape index (κ1) is 17.0. The Balaban J connectivity index is 2.21. The Labute approximate surface area is 139 Å². The van der Waals surface area contributed by atoms with Gasteiger partial charge in [-0.2, -0.15) is 0 Å². The fourth-order valence-corrected chi connectivity index (χ4v) is 2.02. The number of aliphatic hydroxyl groups excluding tert-OH is 1. The van der Waals surface area contributed by atoms with E-state index in [1.165, 1.54) is 7.11 Å². The van der Waals surface area contributed by atoms with Crippen LogP contribution in [-0.4, -0.2) is 23.9 Å². The van der Waals surface area contributed by atoms with Gasteiger partial charge in [0.25, 0.3) is 0 Å². The molecule has 0 heterocycles. The molecule has 0 saturated heterocycles. The number of halogens is 1. The van der Waals surface area contributed by atoms with Gasteiger partial charge in [-0.1, -0.05) is 47.1 Å². The van der Waals surface area contributed by atoms with Crippen molar-refractivity contribution in [1.29, 1.82) is 0 Å². The largest absolute Gasteiger partial charge is 0.467 e. The zero-order chi connectivity index (χ0) is 16.8. The van der Waals surface area contributed by atoms with Crippen LogP contribution in [0.2, 0.25) is 5.02 Å². The molecular formula is C17H16ClNO4. The monoisotopic (exact) mass is 333 g/mol. The maximum atomic E-state index is 11.5. The van der Waals surface area contributed by atoms with E-state index < -0.39 is 12.1 Å². The molecule has 1 atom stereocenters. The lowest BCUT2D eigenvalue weighted by molar-refractivity contribution is -0.150. The van der Waals surface area contributed by atoms with Crippen molar-refractivity contribution in [2.45, 2.75) is 13.0 Å². The number of benzene rings is 2. The van der Waals surface area contributed by atoms with E-state index >= 15 is 0 Å². The summed E-state index contributed by atoms with van der Waals surface area (Å²) in [6.07, 6.45) is -1.43. The molecule has 0 amide bonds. The molecular weight excluding hydrogens is 318 g/mol. The van der Waals surface area contributed by atoms with Gasteiger partial charge in [0.15, 0.2) is 11.9 Å². The smallest absolute Gasteiger partial charge is 0.339 e. The maximum absolute atomic E-state index is 11.5. The van der Waals surface area contributed by atoms with Gasteiger partial charge < -0.3 is 14.7 Å². The molecule has 0 aromatic heterocycles. The van der Waals surface area contributed by atoms with E-state index in [2.05, 4.69) is 9.89 Å². The second kappa shape index (κ2) is 7.76. The average Bonchev–Trinajstić information content (AvgIpc) is 2.59. The normalized spacial score (nSPS) is 12.6. The lowest BCUT2D eigenvalue weighted by Crippen LogP contribution is -2.14. The van der Waals surface area contributed by atoms with Crippen LogP contribution in [0.1, 0.15) is 24.2 Å². The molecule has 0 spiro atoms. The summed E-state index contributed by atoms with van der Waals surface area (Å²) in [6, 6.07) is 13.7. The molecule has 6 heteroatoms. The SMILES string of the molecule is COC(=O)C(O)c1ccccc1O/N=C(\C)c1ccc(Cl)cc1. The minimum Gasteiger partial charge on any atom is -0.467 e. The molecule has 0 bridgehead atoms. The van der Waals surface area contributed by atoms with Gasteiger partial charge in [0.2, 0.25) is 0 Å². The zero-order valence-corrected chi connectivity index (χ0v) is 13.4. The predicted octanol–water partition coefficient (Wildman–Crippen LogP) is 3.35. The van der Waals surface area contributed by atoms with Crippen LogP contribution in [0.4, 0.5) is 0 Å². The molecule has 2 aromatic rings. The van der Waals surface area contributed by atoms with Gasteiger partial charge in [0, 0.05) is 10.6 Å². The van der Waals surface area contributed by atoms with E-state index in [0.717, 1.165) is 5.56 Å². The first-order valence-corrected chi connectivity index (χ1v) is 7.23. The van der Waals surface area contributed by atoms with E-state index in [4.69, 9.17) is 16.4 Å². The summed E-state index contributed by atoms with van der Waals surface area (Å²) in [7, 11) is 1.21. The van der Waals surface area contributed by atoms with Crippen LogP contribution >= 0.6 is 11.6 Å². The number of nitrogens with zero attached hydrogens (tertiary/aromatic N) is 1. The Morgan fingerprint density at radius 2 is 1.83 bits per heavy atom. The zero-order valence-electron chi connectivity index (χ0n) is 12.7. The van der Waals surface area contributed by atoms with Crippen molar-refractivity contribution >= 4 is 23.3 Å². The van der Waals surface area contributed by atoms with Crippen molar-refractivity contribution in [2.75, 3.05) is 7.11 Å². The first-order valence-electron chi connectivity index (χ1n) is 6.85. The second-order valence-electron chi connectivity index (χ2n) is 4.74. The summed E-state index contributed by atoms with van der Waals surface area (Å²) in [4.78, 5) is 16.9. The number of rotatable bonds is 5. The summed E-state index contributed by atoms with van der Waals surface area (Å²) >= 11 is 5.85. The molecule has 2 aromatic carbocycles. The minimum absolute atomic E-state index is 0.277. The van der Waals surface area contributed by atoms with Crippen molar-refractivity contribution in [2.24, 2.45) is 5.16 Å². The number of aliphatic hydroxyl groups is 1. The quantitative estimate of drug-likeness (QED) is 0.517. The number of ether oxygens (including phenoxy) is 1. The third-order valence-corrected chi connectivity index (χ3v) is 3.43. The lowest BCUT2D eigenvalue weighted by atomic mass is 10.1. The lowest BCUT2D eigenvalue weighted by Gasteiger charge is -2.12. The second-order valence-corrected chi connectivity index (χ2v) is 5.17. The average molecular weight is 334 g/mol. The molecule has 2 rings (SSSR count). The summed E-state index contributed by atoms with van der Waals surface area (Å²) in [5, 5.41) is 14.6. The summed E-state index contributed by atoms with van der Waals surface area (Å²) < 4.78 is 4.53. The Kier molecular flexibility index (Phi) is 5.73. The molecule has 0 aliphatic carbocycles. The number of hydrogen-bond acceptors (Lipinski definition) is 5. The van der Waals surface area contributed by atoms with Crippen LogP contribution in [0.25, 0.3) is 0 Å². The van der Waals surface area contributed by atoms with Crippen LogP contribution in [0, 0.1) is 0 Å². The highest BCUT2D eigenvalue weighted by molar-refractivity contribution is 6.30. The van der Waals surface area contributed by atoms with Gasteiger partial charge in [-0.15, -0.1) is 0 Å². The molecule has 120 valence electrons. The highest BCUT2D eigenvalue weighted by atomic mass is 35.5. The van der Waals surface area contributed by atoms with Gasteiger partial charge in [-0.3, -0.25) is 0 Å². The number of hydrogen-bond donors (Lipinski definition) is 1. The Morgan fingerprint density at radius 3 is 2.48 bits per heavy atom. The van der Waals surface area contributed by atoms with E-state index in [0.29, 0.717) is 10.7 Å². The number of para-hydroxylation sites is 1. The molecule has 23 heavy (non-hydrogen) atoms. The molecule has 1 unspecified atom stereocenters. The number of oxime groups is 1. The molecule has 0 aliphatic heterocycles. The summed E-state index contributed by atoms with van der Waals surface area (Å²) in [6.45, 7) is 1.78. The number of esters is 1. The fraction of sp³-hybridized carbons (Fsp3) is 0.176. The van der Waals surface area contributed by atoms with Gasteiger partial charge in [-0.05, 0) is 30.7 Å². The standard InChI is InChI=1S/C17H16ClNO4/c1-11(12-7-9-13(18)10-8-12)19-23-15-6-4-3-5-14(15)16(20)17(21)22-2/h3-10,16,20H,1-2H3/b19-11+. The number of carbonyl (C=O) groups excluding carboxylic acids is 1. The summed E-state index contributed by atoms with van der Waals surface area (Å²) in [5.74, 6) is -0.488. The third-order valence-electron chi connectivity index (χ3n) is 3.18. The molecule has 0 radical (unpaired) electrons. The highest BCUT2D eigenvalue weighted by Gasteiger charge is 2.22. The maximum Gasteiger partial charge on any atom is 0.339 e. The van der Waals surface area contributed by atoms with Gasteiger partial charge >= 0.3 is 5.97 Å². The van der Waals surface area contributed by atoms with Crippen molar-refractivity contribution in [3.63, 3.8) is 0 Å². The topological polar surface area (TPSA) is 68.1 Å². The van der Waals surface area contributed by atoms with E-state index in [1.54, 1.807) is 43.3 Å². The van der Waals surface area contributed by atoms with Crippen LogP contribution in [0.15, 0.2) is 53.7 Å². The summed E-state index contributed by atoms with van der Waals surface area (Å²) in [5.41, 5.74) is 1.76. The Bertz CT molecular complexity index is 713. The molecule has 0 aliphatic rings. The Morgan fingerprint density at radius 1 is 1.17 bits per heavy atom. The van der Waals surface area contributed by atoms with Crippen LogP contribution in [0.5, 0.6) is 5.75 Å². The van der Waals surface area contributed by atoms with Crippen LogP contribution in [-0.2, 0) is 9.53 Å². The number of methoxy groups -OCH3 is 1. The van der Waals surface area contributed by atoms with Crippen molar-refractivity contribution in [1.82, 2.24) is 0 Å². The minimum atomic E-state index is -1.43. The van der Waals surface area contributed by atoms with Gasteiger partial charge in [-0.25, -0.2) is 4.79 Å². The van der Waals surface area contributed by atoms with Crippen LogP contribution < -0.4 is 4.84 Å².